The number of methoxy groups -OCH3 is 1. The molecule has 2 aromatic rings. The van der Waals surface area contributed by atoms with Gasteiger partial charge in [-0.05, 0) is 34.6 Å². The van der Waals surface area contributed by atoms with Gasteiger partial charge >= 0.3 is 0 Å². The SMILES string of the molecule is CCNC(c1cc(OC)cs1)c1cccc(Br)c1F. The molecule has 0 aliphatic heterocycles. The number of hydrogen-bond acceptors (Lipinski definition) is 3. The van der Waals surface area contributed by atoms with Gasteiger partial charge in [0.25, 0.3) is 0 Å². The lowest BCUT2D eigenvalue weighted by Crippen LogP contribution is -2.22. The minimum Gasteiger partial charge on any atom is -0.496 e. The van der Waals surface area contributed by atoms with Crippen molar-refractivity contribution < 1.29 is 9.13 Å². The molecule has 0 radical (unpaired) electrons. The van der Waals surface area contributed by atoms with Crippen LogP contribution in [0.15, 0.2) is 34.1 Å². The topological polar surface area (TPSA) is 21.3 Å². The number of halogens is 2. The van der Waals surface area contributed by atoms with Crippen LogP contribution in [0.4, 0.5) is 4.39 Å². The third kappa shape index (κ3) is 3.16. The summed E-state index contributed by atoms with van der Waals surface area (Å²) in [5.41, 5.74) is 0.640. The summed E-state index contributed by atoms with van der Waals surface area (Å²) in [5, 5.41) is 5.24. The van der Waals surface area contributed by atoms with Gasteiger partial charge in [-0.25, -0.2) is 4.39 Å². The molecule has 19 heavy (non-hydrogen) atoms. The van der Waals surface area contributed by atoms with Crippen LogP contribution in [0.5, 0.6) is 5.75 Å². The van der Waals surface area contributed by atoms with Crippen molar-refractivity contribution in [3.63, 3.8) is 0 Å². The predicted molar refractivity (Wildman–Crippen MR) is 80.5 cm³/mol. The van der Waals surface area contributed by atoms with Crippen molar-refractivity contribution in [2.24, 2.45) is 0 Å². The van der Waals surface area contributed by atoms with Crippen molar-refractivity contribution >= 4 is 27.3 Å². The van der Waals surface area contributed by atoms with Crippen molar-refractivity contribution in [1.29, 1.82) is 0 Å². The van der Waals surface area contributed by atoms with Crippen molar-refractivity contribution in [2.75, 3.05) is 13.7 Å². The second kappa shape index (κ2) is 6.50. The normalized spacial score (nSPS) is 12.4. The van der Waals surface area contributed by atoms with E-state index in [9.17, 15) is 4.39 Å². The molecule has 2 nitrogen and oxygen atoms in total. The molecule has 2 rings (SSSR count). The molecule has 0 spiro atoms. The Kier molecular flexibility index (Phi) is 4.96. The highest BCUT2D eigenvalue weighted by Crippen LogP contribution is 2.33. The van der Waals surface area contributed by atoms with Crippen molar-refractivity contribution in [3.05, 3.63) is 50.4 Å². The molecule has 1 unspecified atom stereocenters. The van der Waals surface area contributed by atoms with Gasteiger partial charge in [0.15, 0.2) is 0 Å². The summed E-state index contributed by atoms with van der Waals surface area (Å²) in [7, 11) is 1.63. The van der Waals surface area contributed by atoms with Gasteiger partial charge in [0, 0.05) is 15.8 Å². The van der Waals surface area contributed by atoms with Gasteiger partial charge in [0.05, 0.1) is 17.6 Å². The van der Waals surface area contributed by atoms with E-state index < -0.39 is 0 Å². The van der Waals surface area contributed by atoms with Crippen LogP contribution in [-0.2, 0) is 0 Å². The zero-order valence-corrected chi connectivity index (χ0v) is 13.1. The third-order valence-corrected chi connectivity index (χ3v) is 4.40. The van der Waals surface area contributed by atoms with Gasteiger partial charge in [-0.1, -0.05) is 19.1 Å². The first-order valence-electron chi connectivity index (χ1n) is 5.97. The summed E-state index contributed by atoms with van der Waals surface area (Å²) in [6.07, 6.45) is 0. The molecule has 0 saturated carbocycles. The molecular weight excluding hydrogens is 329 g/mol. The van der Waals surface area contributed by atoms with Gasteiger partial charge in [-0.15, -0.1) is 11.3 Å². The Hall–Kier alpha value is -0.910. The molecule has 1 atom stereocenters. The average molecular weight is 344 g/mol. The Morgan fingerprint density at radius 1 is 1.47 bits per heavy atom. The minimum absolute atomic E-state index is 0.156. The van der Waals surface area contributed by atoms with E-state index in [1.54, 1.807) is 30.6 Å². The van der Waals surface area contributed by atoms with Crippen LogP contribution >= 0.6 is 27.3 Å². The second-order valence-corrected chi connectivity index (χ2v) is 5.82. The van der Waals surface area contributed by atoms with Crippen LogP contribution in [0.1, 0.15) is 23.4 Å². The summed E-state index contributed by atoms with van der Waals surface area (Å²) in [5.74, 6) is 0.583. The molecule has 0 saturated heterocycles. The lowest BCUT2D eigenvalue weighted by Gasteiger charge is -2.18. The summed E-state index contributed by atoms with van der Waals surface area (Å²) < 4.78 is 19.9. The fraction of sp³-hybridized carbons (Fsp3) is 0.286. The molecule has 0 aliphatic carbocycles. The van der Waals surface area contributed by atoms with Crippen LogP contribution in [0, 0.1) is 5.82 Å². The predicted octanol–water partition coefficient (Wildman–Crippen LogP) is 4.36. The van der Waals surface area contributed by atoms with Crippen molar-refractivity contribution in [1.82, 2.24) is 5.32 Å². The van der Waals surface area contributed by atoms with Crippen molar-refractivity contribution in [3.8, 4) is 5.75 Å². The molecule has 5 heteroatoms. The minimum atomic E-state index is -0.221. The Morgan fingerprint density at radius 3 is 2.89 bits per heavy atom. The standard InChI is InChI=1S/C14H15BrFNOS/c1-3-17-14(12-7-9(18-2)8-19-12)10-5-4-6-11(15)13(10)16/h4-8,14,17H,3H2,1-2H3. The van der Waals surface area contributed by atoms with Gasteiger partial charge in [-0.2, -0.15) is 0 Å². The first-order valence-corrected chi connectivity index (χ1v) is 7.64. The third-order valence-electron chi connectivity index (χ3n) is 2.82. The van der Waals surface area contributed by atoms with Gasteiger partial charge in [0.2, 0.25) is 0 Å². The van der Waals surface area contributed by atoms with Gasteiger partial charge in [0.1, 0.15) is 11.6 Å². The fourth-order valence-corrected chi connectivity index (χ4v) is 3.23. The summed E-state index contributed by atoms with van der Waals surface area (Å²) in [4.78, 5) is 1.04. The largest absolute Gasteiger partial charge is 0.496 e. The molecule has 102 valence electrons. The van der Waals surface area contributed by atoms with Crippen molar-refractivity contribution in [2.45, 2.75) is 13.0 Å². The van der Waals surface area contributed by atoms with E-state index in [1.165, 1.54) is 0 Å². The maximum atomic E-state index is 14.2. The molecule has 1 aromatic heterocycles. The molecule has 1 heterocycles. The van der Waals surface area contributed by atoms with E-state index in [0.29, 0.717) is 10.0 Å². The Bertz CT molecular complexity index is 558. The monoisotopic (exact) mass is 343 g/mol. The van der Waals surface area contributed by atoms with E-state index in [2.05, 4.69) is 21.2 Å². The molecule has 1 aromatic carbocycles. The number of rotatable bonds is 5. The van der Waals surface area contributed by atoms with E-state index in [1.807, 2.05) is 24.4 Å². The van der Waals surface area contributed by atoms with Crippen LogP contribution < -0.4 is 10.1 Å². The Morgan fingerprint density at radius 2 is 2.26 bits per heavy atom. The van der Waals surface area contributed by atoms with E-state index in [-0.39, 0.29) is 11.9 Å². The number of benzene rings is 1. The maximum Gasteiger partial charge on any atom is 0.142 e. The molecule has 1 N–H and O–H groups in total. The lowest BCUT2D eigenvalue weighted by molar-refractivity contribution is 0.416. The molecular formula is C14H15BrFNOS. The van der Waals surface area contributed by atoms with Crippen LogP contribution in [-0.4, -0.2) is 13.7 Å². The molecule has 0 bridgehead atoms. The quantitative estimate of drug-likeness (QED) is 0.870. The van der Waals surface area contributed by atoms with Gasteiger partial charge in [-0.3, -0.25) is 0 Å². The Labute approximate surface area is 124 Å². The molecule has 0 fully saturated rings. The van der Waals surface area contributed by atoms with Gasteiger partial charge < -0.3 is 10.1 Å². The zero-order valence-electron chi connectivity index (χ0n) is 10.7. The van der Waals surface area contributed by atoms with E-state index in [0.717, 1.165) is 17.2 Å². The average Bonchev–Trinajstić information content (AvgIpc) is 2.88. The number of hydrogen-bond donors (Lipinski definition) is 1. The Balaban J connectivity index is 2.42. The van der Waals surface area contributed by atoms with Crippen LogP contribution in [0.2, 0.25) is 0 Å². The number of ether oxygens (including phenoxy) is 1. The highest BCUT2D eigenvalue weighted by atomic mass is 79.9. The smallest absolute Gasteiger partial charge is 0.142 e. The van der Waals surface area contributed by atoms with Crippen LogP contribution in [0.3, 0.4) is 0 Å². The van der Waals surface area contributed by atoms with Crippen LogP contribution in [0.25, 0.3) is 0 Å². The highest BCUT2D eigenvalue weighted by Gasteiger charge is 2.20. The molecule has 0 aliphatic rings. The lowest BCUT2D eigenvalue weighted by atomic mass is 10.0. The second-order valence-electron chi connectivity index (χ2n) is 4.02. The zero-order chi connectivity index (χ0) is 13.8. The molecule has 0 amide bonds. The van der Waals surface area contributed by atoms with E-state index >= 15 is 0 Å². The summed E-state index contributed by atoms with van der Waals surface area (Å²) >= 11 is 4.79. The summed E-state index contributed by atoms with van der Waals surface area (Å²) in [6.45, 7) is 2.77. The summed E-state index contributed by atoms with van der Waals surface area (Å²) in [6, 6.07) is 7.14. The fourth-order valence-electron chi connectivity index (χ4n) is 1.90. The first-order chi connectivity index (χ1) is 9.17. The number of thiophene rings is 1. The number of nitrogens with one attached hydrogen (secondary N) is 1. The van der Waals surface area contributed by atoms with E-state index in [4.69, 9.17) is 4.74 Å². The maximum absolute atomic E-state index is 14.2. The first kappa shape index (κ1) is 14.5. The highest BCUT2D eigenvalue weighted by molar-refractivity contribution is 9.10.